The van der Waals surface area contributed by atoms with E-state index >= 15 is 0 Å². The van der Waals surface area contributed by atoms with Crippen molar-refractivity contribution in [1.29, 1.82) is 0 Å². The lowest BCUT2D eigenvalue weighted by atomic mass is 9.95. The maximum atomic E-state index is 12.6. The van der Waals surface area contributed by atoms with Crippen LogP contribution < -0.4 is 10.2 Å². The monoisotopic (exact) mass is 324 g/mol. The number of rotatable bonds is 5. The highest BCUT2D eigenvalue weighted by atomic mass is 16.5. The summed E-state index contributed by atoms with van der Waals surface area (Å²) in [6.45, 7) is 5.41. The number of hydrogen-bond donors (Lipinski definition) is 1. The fourth-order valence-corrected chi connectivity index (χ4v) is 3.06. The molecule has 0 radical (unpaired) electrons. The van der Waals surface area contributed by atoms with Crippen LogP contribution >= 0.6 is 0 Å². The largest absolute Gasteiger partial charge is 0.378 e. The SMILES string of the molecule is CC[C@H](C(=O)Nc1ccc(N2CCOCC2)cc1)c1ccccc1. The molecule has 1 heterocycles. The minimum atomic E-state index is -0.120. The van der Waals surface area contributed by atoms with Crippen LogP contribution in [0.15, 0.2) is 54.6 Å². The van der Waals surface area contributed by atoms with Crippen molar-refractivity contribution in [3.63, 3.8) is 0 Å². The molecule has 24 heavy (non-hydrogen) atoms. The smallest absolute Gasteiger partial charge is 0.231 e. The van der Waals surface area contributed by atoms with E-state index in [2.05, 4.69) is 22.3 Å². The number of ether oxygens (including phenoxy) is 1. The zero-order chi connectivity index (χ0) is 16.8. The van der Waals surface area contributed by atoms with Gasteiger partial charge in [-0.1, -0.05) is 37.3 Å². The molecule has 1 atom stereocenters. The fraction of sp³-hybridized carbons (Fsp3) is 0.350. The van der Waals surface area contributed by atoms with Crippen LogP contribution in [0.25, 0.3) is 0 Å². The normalized spacial score (nSPS) is 15.8. The Balaban J connectivity index is 1.65. The zero-order valence-corrected chi connectivity index (χ0v) is 14.1. The van der Waals surface area contributed by atoms with E-state index in [9.17, 15) is 4.79 Å². The lowest BCUT2D eigenvalue weighted by molar-refractivity contribution is -0.117. The van der Waals surface area contributed by atoms with Crippen molar-refractivity contribution in [3.8, 4) is 0 Å². The van der Waals surface area contributed by atoms with Gasteiger partial charge >= 0.3 is 0 Å². The van der Waals surface area contributed by atoms with E-state index in [1.807, 2.05) is 49.4 Å². The minimum Gasteiger partial charge on any atom is -0.378 e. The Bertz CT molecular complexity index is 649. The van der Waals surface area contributed by atoms with Gasteiger partial charge in [-0.05, 0) is 36.2 Å². The lowest BCUT2D eigenvalue weighted by Gasteiger charge is -2.29. The van der Waals surface area contributed by atoms with Crippen molar-refractivity contribution in [2.24, 2.45) is 0 Å². The summed E-state index contributed by atoms with van der Waals surface area (Å²) in [4.78, 5) is 14.9. The van der Waals surface area contributed by atoms with Gasteiger partial charge in [-0.2, -0.15) is 0 Å². The van der Waals surface area contributed by atoms with Crippen molar-refractivity contribution in [3.05, 3.63) is 60.2 Å². The second kappa shape index (κ2) is 7.97. The molecular formula is C20H24N2O2. The summed E-state index contributed by atoms with van der Waals surface area (Å²) in [5.74, 6) is -0.0760. The predicted molar refractivity (Wildman–Crippen MR) is 97.6 cm³/mol. The highest BCUT2D eigenvalue weighted by Crippen LogP contribution is 2.23. The van der Waals surface area contributed by atoms with Gasteiger partial charge < -0.3 is 15.0 Å². The molecule has 0 saturated carbocycles. The summed E-state index contributed by atoms with van der Waals surface area (Å²) in [6, 6.07) is 18.0. The molecule has 2 aromatic rings. The first-order valence-corrected chi connectivity index (χ1v) is 8.56. The van der Waals surface area contributed by atoms with Crippen LogP contribution in [0.3, 0.4) is 0 Å². The lowest BCUT2D eigenvalue weighted by Crippen LogP contribution is -2.36. The molecule has 1 amide bonds. The van der Waals surface area contributed by atoms with Gasteiger partial charge in [-0.25, -0.2) is 0 Å². The summed E-state index contributed by atoms with van der Waals surface area (Å²) in [5, 5.41) is 3.04. The van der Waals surface area contributed by atoms with E-state index in [0.717, 1.165) is 44.0 Å². The van der Waals surface area contributed by atoms with Gasteiger partial charge in [0.25, 0.3) is 0 Å². The number of nitrogens with zero attached hydrogens (tertiary/aromatic N) is 1. The number of nitrogens with one attached hydrogen (secondary N) is 1. The number of anilines is 2. The van der Waals surface area contributed by atoms with Gasteiger partial charge in [0.15, 0.2) is 0 Å². The Morgan fingerprint density at radius 1 is 1.08 bits per heavy atom. The standard InChI is InChI=1S/C20H24N2O2/c1-2-19(16-6-4-3-5-7-16)20(23)21-17-8-10-18(11-9-17)22-12-14-24-15-13-22/h3-11,19H,2,12-15H2,1H3,(H,21,23)/t19-/m0/s1. The first-order valence-electron chi connectivity index (χ1n) is 8.56. The number of benzene rings is 2. The van der Waals surface area contributed by atoms with Gasteiger partial charge in [0, 0.05) is 24.5 Å². The molecule has 4 heteroatoms. The van der Waals surface area contributed by atoms with Gasteiger partial charge in [0.05, 0.1) is 19.1 Å². The Morgan fingerprint density at radius 3 is 2.38 bits per heavy atom. The zero-order valence-electron chi connectivity index (χ0n) is 14.1. The fourth-order valence-electron chi connectivity index (χ4n) is 3.06. The summed E-state index contributed by atoms with van der Waals surface area (Å²) in [5.41, 5.74) is 3.07. The van der Waals surface area contributed by atoms with Gasteiger partial charge in [-0.3, -0.25) is 4.79 Å². The van der Waals surface area contributed by atoms with Crippen molar-refractivity contribution in [1.82, 2.24) is 0 Å². The van der Waals surface area contributed by atoms with Crippen LogP contribution in [0.2, 0.25) is 0 Å². The second-order valence-electron chi connectivity index (χ2n) is 6.01. The van der Waals surface area contributed by atoms with E-state index in [1.165, 1.54) is 5.69 Å². The third-order valence-corrected chi connectivity index (χ3v) is 4.44. The molecular weight excluding hydrogens is 300 g/mol. The summed E-state index contributed by atoms with van der Waals surface area (Å²) in [7, 11) is 0. The van der Waals surface area contributed by atoms with Crippen molar-refractivity contribution in [2.75, 3.05) is 36.5 Å². The Hall–Kier alpha value is -2.33. The molecule has 0 bridgehead atoms. The van der Waals surface area contributed by atoms with E-state index in [-0.39, 0.29) is 11.8 Å². The molecule has 0 aromatic heterocycles. The van der Waals surface area contributed by atoms with Crippen LogP contribution in [0.4, 0.5) is 11.4 Å². The molecule has 1 saturated heterocycles. The van der Waals surface area contributed by atoms with Crippen molar-refractivity contribution >= 4 is 17.3 Å². The molecule has 4 nitrogen and oxygen atoms in total. The third-order valence-electron chi connectivity index (χ3n) is 4.44. The summed E-state index contributed by atoms with van der Waals surface area (Å²) in [6.07, 6.45) is 0.779. The molecule has 1 aliphatic heterocycles. The first-order chi connectivity index (χ1) is 11.8. The number of carbonyl (C=O) groups excluding carboxylic acids is 1. The van der Waals surface area contributed by atoms with Crippen LogP contribution in [-0.4, -0.2) is 32.2 Å². The van der Waals surface area contributed by atoms with E-state index in [1.54, 1.807) is 0 Å². The molecule has 1 N–H and O–H groups in total. The maximum absolute atomic E-state index is 12.6. The van der Waals surface area contributed by atoms with Gasteiger partial charge in [-0.15, -0.1) is 0 Å². The molecule has 0 spiro atoms. The van der Waals surface area contributed by atoms with E-state index in [0.29, 0.717) is 0 Å². The second-order valence-corrected chi connectivity index (χ2v) is 6.01. The van der Waals surface area contributed by atoms with Crippen molar-refractivity contribution < 1.29 is 9.53 Å². The minimum absolute atomic E-state index is 0.0443. The third kappa shape index (κ3) is 3.95. The number of morpholine rings is 1. The van der Waals surface area contributed by atoms with Crippen LogP contribution in [0, 0.1) is 0 Å². The Kier molecular flexibility index (Phi) is 5.49. The van der Waals surface area contributed by atoms with Crippen LogP contribution in [-0.2, 0) is 9.53 Å². The highest BCUT2D eigenvalue weighted by Gasteiger charge is 2.18. The summed E-state index contributed by atoms with van der Waals surface area (Å²) >= 11 is 0. The number of amides is 1. The van der Waals surface area contributed by atoms with Crippen molar-refractivity contribution in [2.45, 2.75) is 19.3 Å². The molecule has 3 rings (SSSR count). The molecule has 2 aromatic carbocycles. The molecule has 1 aliphatic rings. The topological polar surface area (TPSA) is 41.6 Å². The van der Waals surface area contributed by atoms with E-state index < -0.39 is 0 Å². The van der Waals surface area contributed by atoms with Gasteiger partial charge in [0.1, 0.15) is 0 Å². The molecule has 1 fully saturated rings. The Labute approximate surface area is 143 Å². The van der Waals surface area contributed by atoms with E-state index in [4.69, 9.17) is 4.74 Å². The molecule has 126 valence electrons. The average Bonchev–Trinajstić information content (AvgIpc) is 2.64. The van der Waals surface area contributed by atoms with Crippen LogP contribution in [0.1, 0.15) is 24.8 Å². The predicted octanol–water partition coefficient (Wildman–Crippen LogP) is 3.66. The maximum Gasteiger partial charge on any atom is 0.231 e. The Morgan fingerprint density at radius 2 is 1.75 bits per heavy atom. The van der Waals surface area contributed by atoms with Gasteiger partial charge in [0.2, 0.25) is 5.91 Å². The average molecular weight is 324 g/mol. The summed E-state index contributed by atoms with van der Waals surface area (Å²) < 4.78 is 5.38. The number of carbonyl (C=O) groups is 1. The molecule has 0 unspecified atom stereocenters. The quantitative estimate of drug-likeness (QED) is 0.912. The number of hydrogen-bond acceptors (Lipinski definition) is 3. The first kappa shape index (κ1) is 16.5. The van der Waals surface area contributed by atoms with Crippen LogP contribution in [0.5, 0.6) is 0 Å². The molecule has 0 aliphatic carbocycles. The highest BCUT2D eigenvalue weighted by molar-refractivity contribution is 5.95.